The number of halogens is 3. The van der Waals surface area contributed by atoms with Gasteiger partial charge in [-0.15, -0.1) is 0 Å². The molecule has 10 heteroatoms. The van der Waals surface area contributed by atoms with Crippen molar-refractivity contribution in [3.05, 3.63) is 30.1 Å². The van der Waals surface area contributed by atoms with Crippen LogP contribution in [0.25, 0.3) is 0 Å². The Labute approximate surface area is 135 Å². The largest absolute Gasteiger partial charge is 0.445 e. The van der Waals surface area contributed by atoms with E-state index in [-0.39, 0.29) is 16.3 Å². The zero-order valence-electron chi connectivity index (χ0n) is 13.0. The van der Waals surface area contributed by atoms with Gasteiger partial charge < -0.3 is 10.3 Å². The van der Waals surface area contributed by atoms with Crippen molar-refractivity contribution in [3.8, 4) is 0 Å². The van der Waals surface area contributed by atoms with Gasteiger partial charge in [-0.3, -0.25) is 9.78 Å². The van der Waals surface area contributed by atoms with Crippen molar-refractivity contribution in [1.29, 1.82) is 0 Å². The third-order valence-corrected chi connectivity index (χ3v) is 3.39. The van der Waals surface area contributed by atoms with Crippen LogP contribution in [0.2, 0.25) is 0 Å². The van der Waals surface area contributed by atoms with Crippen LogP contribution in [0.15, 0.2) is 34.8 Å². The van der Waals surface area contributed by atoms with Crippen LogP contribution in [0.3, 0.4) is 0 Å². The van der Waals surface area contributed by atoms with E-state index in [0.717, 1.165) is 0 Å². The maximum absolute atomic E-state index is 13.5. The summed E-state index contributed by atoms with van der Waals surface area (Å²) < 4.78 is 40.6. The van der Waals surface area contributed by atoms with Crippen LogP contribution in [0.5, 0.6) is 0 Å². The fourth-order valence-electron chi connectivity index (χ4n) is 2.17. The van der Waals surface area contributed by atoms with Crippen molar-refractivity contribution in [2.75, 3.05) is 0 Å². The molecule has 0 radical (unpaired) electrons. The second kappa shape index (κ2) is 5.55. The number of oxime groups is 1. The van der Waals surface area contributed by atoms with Crippen molar-refractivity contribution in [2.24, 2.45) is 15.7 Å². The lowest BCUT2D eigenvalue weighted by atomic mass is 9.84. The molecule has 2 N–H and O–H groups in total. The summed E-state index contributed by atoms with van der Waals surface area (Å²) >= 11 is 0. The second-order valence-electron chi connectivity index (χ2n) is 6.17. The lowest BCUT2D eigenvalue weighted by molar-refractivity contribution is -0.269. The molecule has 2 heterocycles. The van der Waals surface area contributed by atoms with E-state index in [1.54, 1.807) is 0 Å². The molecule has 24 heavy (non-hydrogen) atoms. The topological polar surface area (TPSA) is 98.4 Å². The van der Waals surface area contributed by atoms with E-state index in [1.165, 1.54) is 45.3 Å². The van der Waals surface area contributed by atoms with Crippen LogP contribution in [0, 0.1) is 5.41 Å². The Kier molecular flexibility index (Phi) is 4.13. The molecule has 1 aliphatic rings. The Balaban J connectivity index is 2.66. The van der Waals surface area contributed by atoms with Crippen molar-refractivity contribution in [3.63, 3.8) is 0 Å². The minimum Gasteiger partial charge on any atom is -0.410 e. The number of carbonyl (C=O) groups is 1. The molecule has 0 saturated heterocycles. The van der Waals surface area contributed by atoms with Crippen LogP contribution in [-0.2, 0) is 0 Å². The first-order valence-corrected chi connectivity index (χ1v) is 6.80. The Hall–Kier alpha value is -2.49. The molecule has 130 valence electrons. The Morgan fingerprint density at radius 3 is 2.21 bits per heavy atom. The fraction of sp³-hybridized carbons (Fsp3) is 0.429. The molecule has 0 spiro atoms. The van der Waals surface area contributed by atoms with Crippen LogP contribution in [0.1, 0.15) is 31.1 Å². The number of rotatable bonds is 1. The molecule has 1 atom stereocenters. The summed E-state index contributed by atoms with van der Waals surface area (Å²) in [6.07, 6.45) is -2.91. The minimum atomic E-state index is -5.34. The number of carbonyl (C=O) groups excluding carboxylic acids is 1. The summed E-state index contributed by atoms with van der Waals surface area (Å²) in [5.74, 6) is -1.21. The lowest BCUT2D eigenvalue weighted by Crippen LogP contribution is -2.62. The zero-order valence-corrected chi connectivity index (χ0v) is 13.0. The number of hydrazone groups is 1. The average molecular weight is 344 g/mol. The quantitative estimate of drug-likeness (QED) is 0.601. The maximum Gasteiger partial charge on any atom is 0.445 e. The van der Waals surface area contributed by atoms with E-state index in [2.05, 4.69) is 15.2 Å². The van der Waals surface area contributed by atoms with Gasteiger partial charge in [-0.2, -0.15) is 23.3 Å². The van der Waals surface area contributed by atoms with Crippen LogP contribution < -0.4 is 0 Å². The third-order valence-electron chi connectivity index (χ3n) is 3.39. The first kappa shape index (κ1) is 17.9. The molecular formula is C14H15F3N4O3. The van der Waals surface area contributed by atoms with Crippen molar-refractivity contribution in [2.45, 2.75) is 32.7 Å². The molecular weight excluding hydrogens is 329 g/mol. The van der Waals surface area contributed by atoms with E-state index in [4.69, 9.17) is 5.21 Å². The summed E-state index contributed by atoms with van der Waals surface area (Å²) in [5, 5.41) is 25.4. The number of hydrogen-bond donors (Lipinski definition) is 2. The van der Waals surface area contributed by atoms with E-state index < -0.39 is 28.9 Å². The first-order chi connectivity index (χ1) is 10.9. The highest BCUT2D eigenvalue weighted by molar-refractivity contribution is 6.48. The fourth-order valence-corrected chi connectivity index (χ4v) is 2.17. The van der Waals surface area contributed by atoms with Gasteiger partial charge in [0.15, 0.2) is 5.71 Å². The first-order valence-electron chi connectivity index (χ1n) is 6.80. The molecule has 0 aromatic carbocycles. The number of pyridine rings is 1. The molecule has 1 amide bonds. The van der Waals surface area contributed by atoms with E-state index >= 15 is 0 Å². The number of hydrogen-bond acceptors (Lipinski definition) is 6. The number of aromatic nitrogens is 1. The van der Waals surface area contributed by atoms with Gasteiger partial charge in [-0.05, 0) is 12.1 Å². The molecule has 1 aromatic heterocycles. The van der Waals surface area contributed by atoms with Crippen molar-refractivity contribution in [1.82, 2.24) is 9.99 Å². The summed E-state index contributed by atoms with van der Waals surface area (Å²) in [7, 11) is 0. The molecule has 0 aliphatic carbocycles. The van der Waals surface area contributed by atoms with Gasteiger partial charge in [0, 0.05) is 23.4 Å². The standard InChI is InChI=1S/C14H15F3N4O3/c1-12(2,3)9-10(20-24)13(23,14(15,16)17)21(19-9)11(22)8-4-6-18-7-5-8/h4-7,23-24H,1-3H3. The van der Waals surface area contributed by atoms with Crippen LogP contribution in [-0.4, -0.2) is 49.5 Å². The van der Waals surface area contributed by atoms with E-state index in [1.807, 2.05) is 0 Å². The van der Waals surface area contributed by atoms with Gasteiger partial charge in [0.1, 0.15) is 0 Å². The van der Waals surface area contributed by atoms with Crippen LogP contribution in [0.4, 0.5) is 13.2 Å². The Morgan fingerprint density at radius 2 is 1.79 bits per heavy atom. The number of alkyl halides is 3. The van der Waals surface area contributed by atoms with Gasteiger partial charge in [0.25, 0.3) is 5.91 Å². The molecule has 0 saturated carbocycles. The van der Waals surface area contributed by atoms with E-state index in [9.17, 15) is 23.1 Å². The van der Waals surface area contributed by atoms with Crippen molar-refractivity contribution < 1.29 is 28.3 Å². The lowest BCUT2D eigenvalue weighted by Gasteiger charge is -2.32. The maximum atomic E-state index is 13.5. The van der Waals surface area contributed by atoms with E-state index in [0.29, 0.717) is 0 Å². The average Bonchev–Trinajstić information content (AvgIpc) is 2.81. The molecule has 7 nitrogen and oxygen atoms in total. The number of nitrogens with zero attached hydrogens (tertiary/aromatic N) is 4. The second-order valence-corrected chi connectivity index (χ2v) is 6.17. The van der Waals surface area contributed by atoms with Gasteiger partial charge in [-0.1, -0.05) is 25.9 Å². The van der Waals surface area contributed by atoms with Gasteiger partial charge in [0.05, 0.1) is 5.71 Å². The summed E-state index contributed by atoms with van der Waals surface area (Å²) in [6, 6.07) is 2.36. The molecule has 2 rings (SSSR count). The van der Waals surface area contributed by atoms with Gasteiger partial charge >= 0.3 is 11.9 Å². The smallest absolute Gasteiger partial charge is 0.410 e. The Morgan fingerprint density at radius 1 is 1.25 bits per heavy atom. The van der Waals surface area contributed by atoms with Crippen LogP contribution >= 0.6 is 0 Å². The zero-order chi connectivity index (χ0) is 18.3. The summed E-state index contributed by atoms with van der Waals surface area (Å²) in [5.41, 5.74) is -6.54. The summed E-state index contributed by atoms with van der Waals surface area (Å²) in [6.45, 7) is 4.52. The molecule has 0 bridgehead atoms. The van der Waals surface area contributed by atoms with Gasteiger partial charge in [-0.25, -0.2) is 0 Å². The summed E-state index contributed by atoms with van der Waals surface area (Å²) in [4.78, 5) is 16.1. The number of amides is 1. The highest BCUT2D eigenvalue weighted by atomic mass is 19.4. The molecule has 1 unspecified atom stereocenters. The monoisotopic (exact) mass is 344 g/mol. The minimum absolute atomic E-state index is 0.113. The molecule has 1 aromatic rings. The molecule has 1 aliphatic heterocycles. The normalized spacial score (nSPS) is 23.5. The Bertz CT molecular complexity index is 710. The highest BCUT2D eigenvalue weighted by Crippen LogP contribution is 2.42. The highest BCUT2D eigenvalue weighted by Gasteiger charge is 2.69. The third kappa shape index (κ3) is 2.62. The number of aliphatic hydroxyl groups is 1. The SMILES string of the molecule is CC(C)(C)C1=NN(C(=O)c2ccncc2)C(O)(C(F)(F)F)C1=NO. The van der Waals surface area contributed by atoms with Gasteiger partial charge in [0.2, 0.25) is 0 Å². The molecule has 0 fully saturated rings. The van der Waals surface area contributed by atoms with Crippen molar-refractivity contribution >= 4 is 17.3 Å². The predicted octanol–water partition coefficient (Wildman–Crippen LogP) is 2.02. The predicted molar refractivity (Wildman–Crippen MR) is 77.5 cm³/mol.